The zero-order valence-electron chi connectivity index (χ0n) is 8.53. The number of nitrogens with zero attached hydrogens (tertiary/aromatic N) is 1. The van der Waals surface area contributed by atoms with Crippen molar-refractivity contribution in [2.45, 2.75) is 18.9 Å². The van der Waals surface area contributed by atoms with E-state index in [-0.39, 0.29) is 0 Å². The van der Waals surface area contributed by atoms with Gasteiger partial charge in [0.1, 0.15) is 4.99 Å². The highest BCUT2D eigenvalue weighted by atomic mass is 79.9. The Bertz CT molecular complexity index is 402. The van der Waals surface area contributed by atoms with Gasteiger partial charge in [-0.15, -0.1) is 0 Å². The van der Waals surface area contributed by atoms with E-state index in [1.807, 2.05) is 6.07 Å². The fourth-order valence-corrected chi connectivity index (χ4v) is 2.49. The molecule has 0 aliphatic heterocycles. The smallest absolute Gasteiger partial charge is 0.105 e. The maximum Gasteiger partial charge on any atom is 0.105 e. The molecule has 1 aliphatic carbocycles. The topological polar surface area (TPSA) is 29.3 Å². The molecule has 2 rings (SSSR count). The standard InChI is InChI=1S/C11H13BrN2S/c1-14(7-2-3-7)8-4-5-9(11(13)15)10(12)6-8/h4-7H,2-3H2,1H3,(H2,13,15). The molecular formula is C11H13BrN2S. The molecule has 0 unspecified atom stereocenters. The average molecular weight is 285 g/mol. The molecule has 1 aromatic carbocycles. The van der Waals surface area contributed by atoms with Gasteiger partial charge >= 0.3 is 0 Å². The number of hydrogen-bond donors (Lipinski definition) is 1. The van der Waals surface area contributed by atoms with Crippen LogP contribution in [0, 0.1) is 0 Å². The van der Waals surface area contributed by atoms with Crippen molar-refractivity contribution in [1.29, 1.82) is 0 Å². The van der Waals surface area contributed by atoms with Crippen molar-refractivity contribution in [2.24, 2.45) is 5.73 Å². The van der Waals surface area contributed by atoms with Crippen LogP contribution in [0.4, 0.5) is 5.69 Å². The van der Waals surface area contributed by atoms with Gasteiger partial charge in [0.25, 0.3) is 0 Å². The minimum atomic E-state index is 0.433. The summed E-state index contributed by atoms with van der Waals surface area (Å²) in [6, 6.07) is 6.83. The fraction of sp³-hybridized carbons (Fsp3) is 0.364. The summed E-state index contributed by atoms with van der Waals surface area (Å²) in [5, 5.41) is 0. The lowest BCUT2D eigenvalue weighted by Crippen LogP contribution is -2.19. The Morgan fingerprint density at radius 3 is 2.67 bits per heavy atom. The van der Waals surface area contributed by atoms with Gasteiger partial charge in [0.15, 0.2) is 0 Å². The van der Waals surface area contributed by atoms with Crippen molar-refractivity contribution < 1.29 is 0 Å². The normalized spacial score (nSPS) is 15.1. The lowest BCUT2D eigenvalue weighted by molar-refractivity contribution is 0.916. The highest BCUT2D eigenvalue weighted by Crippen LogP contribution is 2.32. The summed E-state index contributed by atoms with van der Waals surface area (Å²) in [5.41, 5.74) is 7.71. The molecule has 1 fully saturated rings. The summed E-state index contributed by atoms with van der Waals surface area (Å²) < 4.78 is 0.972. The maximum absolute atomic E-state index is 5.60. The van der Waals surface area contributed by atoms with Crippen LogP contribution in [0.5, 0.6) is 0 Å². The number of thiocarbonyl (C=S) groups is 1. The second-order valence-electron chi connectivity index (χ2n) is 3.87. The zero-order chi connectivity index (χ0) is 11.0. The molecule has 0 bridgehead atoms. The van der Waals surface area contributed by atoms with E-state index < -0.39 is 0 Å². The van der Waals surface area contributed by atoms with Gasteiger partial charge in [-0.3, -0.25) is 0 Å². The Labute approximate surface area is 104 Å². The van der Waals surface area contributed by atoms with Gasteiger partial charge in [-0.05, 0) is 47.0 Å². The number of benzene rings is 1. The van der Waals surface area contributed by atoms with Gasteiger partial charge < -0.3 is 10.6 Å². The Balaban J connectivity index is 2.28. The van der Waals surface area contributed by atoms with Crippen molar-refractivity contribution in [2.75, 3.05) is 11.9 Å². The summed E-state index contributed by atoms with van der Waals surface area (Å²) >= 11 is 8.45. The van der Waals surface area contributed by atoms with Crippen molar-refractivity contribution >= 4 is 38.8 Å². The maximum atomic E-state index is 5.60. The Kier molecular flexibility index (Phi) is 2.98. The molecule has 1 saturated carbocycles. The van der Waals surface area contributed by atoms with E-state index in [2.05, 4.69) is 40.0 Å². The molecule has 1 aromatic rings. The lowest BCUT2D eigenvalue weighted by atomic mass is 10.2. The van der Waals surface area contributed by atoms with Crippen LogP contribution in [0.1, 0.15) is 18.4 Å². The molecule has 0 amide bonds. The first-order valence-corrected chi connectivity index (χ1v) is 6.12. The first kappa shape index (κ1) is 10.9. The molecule has 2 nitrogen and oxygen atoms in total. The van der Waals surface area contributed by atoms with Gasteiger partial charge in [0.05, 0.1) is 0 Å². The lowest BCUT2D eigenvalue weighted by Gasteiger charge is -2.19. The molecule has 1 aliphatic rings. The van der Waals surface area contributed by atoms with Gasteiger partial charge in [0.2, 0.25) is 0 Å². The number of nitrogens with two attached hydrogens (primary N) is 1. The largest absolute Gasteiger partial charge is 0.389 e. The molecular weight excluding hydrogens is 272 g/mol. The average Bonchev–Trinajstić information content (AvgIpc) is 2.99. The first-order valence-electron chi connectivity index (χ1n) is 4.92. The summed E-state index contributed by atoms with van der Waals surface area (Å²) in [4.78, 5) is 2.73. The van der Waals surface area contributed by atoms with Gasteiger partial charge in [-0.25, -0.2) is 0 Å². The van der Waals surface area contributed by atoms with Gasteiger partial charge in [-0.2, -0.15) is 0 Å². The minimum Gasteiger partial charge on any atom is -0.389 e. The van der Waals surface area contributed by atoms with Crippen molar-refractivity contribution in [1.82, 2.24) is 0 Å². The third-order valence-electron chi connectivity index (χ3n) is 2.72. The first-order chi connectivity index (χ1) is 7.09. The Morgan fingerprint density at radius 1 is 1.53 bits per heavy atom. The van der Waals surface area contributed by atoms with Crippen LogP contribution in [-0.2, 0) is 0 Å². The van der Waals surface area contributed by atoms with Crippen LogP contribution in [-0.4, -0.2) is 18.1 Å². The molecule has 0 heterocycles. The van der Waals surface area contributed by atoms with E-state index in [1.165, 1.54) is 18.5 Å². The monoisotopic (exact) mass is 284 g/mol. The Morgan fingerprint density at radius 2 is 2.20 bits per heavy atom. The number of hydrogen-bond acceptors (Lipinski definition) is 2. The summed E-state index contributed by atoms with van der Waals surface area (Å²) in [6.07, 6.45) is 2.59. The molecule has 0 atom stereocenters. The molecule has 0 saturated heterocycles. The second-order valence-corrected chi connectivity index (χ2v) is 5.16. The number of rotatable bonds is 3. The number of halogens is 1. The van der Waals surface area contributed by atoms with Crippen molar-refractivity contribution in [3.05, 3.63) is 28.2 Å². The van der Waals surface area contributed by atoms with Crippen molar-refractivity contribution in [3.63, 3.8) is 0 Å². The van der Waals surface area contributed by atoms with Crippen LogP contribution >= 0.6 is 28.1 Å². The van der Waals surface area contributed by atoms with E-state index in [1.54, 1.807) is 0 Å². The molecule has 4 heteroatoms. The van der Waals surface area contributed by atoms with Crippen LogP contribution in [0.2, 0.25) is 0 Å². The predicted octanol–water partition coefficient (Wildman–Crippen LogP) is 2.68. The molecule has 80 valence electrons. The Hall–Kier alpha value is -0.610. The summed E-state index contributed by atoms with van der Waals surface area (Å²) in [6.45, 7) is 0. The van der Waals surface area contributed by atoms with Crippen LogP contribution in [0.15, 0.2) is 22.7 Å². The summed E-state index contributed by atoms with van der Waals surface area (Å²) in [7, 11) is 2.12. The van der Waals surface area contributed by atoms with Crippen LogP contribution in [0.25, 0.3) is 0 Å². The third kappa shape index (κ3) is 2.32. The molecule has 2 N–H and O–H groups in total. The number of anilines is 1. The van der Waals surface area contributed by atoms with E-state index in [4.69, 9.17) is 18.0 Å². The zero-order valence-corrected chi connectivity index (χ0v) is 10.9. The quantitative estimate of drug-likeness (QED) is 0.866. The minimum absolute atomic E-state index is 0.433. The molecule has 15 heavy (non-hydrogen) atoms. The van der Waals surface area contributed by atoms with Crippen molar-refractivity contribution in [3.8, 4) is 0 Å². The van der Waals surface area contributed by atoms with E-state index >= 15 is 0 Å². The van der Waals surface area contributed by atoms with Gasteiger partial charge in [0, 0.05) is 28.8 Å². The van der Waals surface area contributed by atoms with Crippen LogP contribution in [0.3, 0.4) is 0 Å². The fourth-order valence-electron chi connectivity index (χ4n) is 1.60. The van der Waals surface area contributed by atoms with Gasteiger partial charge in [-0.1, -0.05) is 12.2 Å². The summed E-state index contributed by atoms with van der Waals surface area (Å²) in [5.74, 6) is 0. The van der Waals surface area contributed by atoms with E-state index in [9.17, 15) is 0 Å². The third-order valence-corrected chi connectivity index (χ3v) is 3.60. The second kappa shape index (κ2) is 4.10. The van der Waals surface area contributed by atoms with E-state index in [0.717, 1.165) is 10.0 Å². The highest BCUT2D eigenvalue weighted by Gasteiger charge is 2.26. The molecule has 0 radical (unpaired) electrons. The van der Waals surface area contributed by atoms with Crippen LogP contribution < -0.4 is 10.6 Å². The predicted molar refractivity (Wildman–Crippen MR) is 71.5 cm³/mol. The highest BCUT2D eigenvalue weighted by molar-refractivity contribution is 9.10. The molecule has 0 spiro atoms. The van der Waals surface area contributed by atoms with E-state index in [0.29, 0.717) is 11.0 Å². The molecule has 0 aromatic heterocycles. The SMILES string of the molecule is CN(c1ccc(C(N)=S)c(Br)c1)C1CC1.